The minimum atomic E-state index is -0.237. The Bertz CT molecular complexity index is 431. The summed E-state index contributed by atoms with van der Waals surface area (Å²) in [5, 5.41) is 10.6. The molecule has 0 spiro atoms. The Kier molecular flexibility index (Phi) is 6.15. The first kappa shape index (κ1) is 15.0. The number of aromatic nitrogens is 2. The normalized spacial score (nSPS) is 10.9. The van der Waals surface area contributed by atoms with E-state index in [4.69, 9.17) is 11.6 Å². The van der Waals surface area contributed by atoms with Crippen molar-refractivity contribution < 1.29 is 0 Å². The van der Waals surface area contributed by atoms with Crippen molar-refractivity contribution in [2.75, 3.05) is 25.0 Å². The highest BCUT2D eigenvalue weighted by atomic mass is 35.5. The SMILES string of the molecule is CCNCCNc1cnn(CC(C)C)c(=O)c1Cl. The molecule has 5 nitrogen and oxygen atoms in total. The minimum absolute atomic E-state index is 0.210. The van der Waals surface area contributed by atoms with Crippen molar-refractivity contribution in [3.8, 4) is 0 Å². The summed E-state index contributed by atoms with van der Waals surface area (Å²) in [7, 11) is 0. The van der Waals surface area contributed by atoms with Crippen molar-refractivity contribution in [3.63, 3.8) is 0 Å². The predicted molar refractivity (Wildman–Crippen MR) is 75.4 cm³/mol. The van der Waals surface area contributed by atoms with Gasteiger partial charge in [-0.3, -0.25) is 4.79 Å². The van der Waals surface area contributed by atoms with Crippen LogP contribution in [0.5, 0.6) is 0 Å². The zero-order valence-electron chi connectivity index (χ0n) is 11.2. The molecule has 2 N–H and O–H groups in total. The highest BCUT2D eigenvalue weighted by molar-refractivity contribution is 6.32. The van der Waals surface area contributed by atoms with Crippen LogP contribution in [0.25, 0.3) is 0 Å². The summed E-state index contributed by atoms with van der Waals surface area (Å²) >= 11 is 6.04. The number of likely N-dealkylation sites (N-methyl/N-ethyl adjacent to an activating group) is 1. The maximum Gasteiger partial charge on any atom is 0.287 e. The van der Waals surface area contributed by atoms with E-state index in [0.717, 1.165) is 13.1 Å². The molecule has 0 aliphatic carbocycles. The number of anilines is 1. The molecule has 1 aromatic heterocycles. The van der Waals surface area contributed by atoms with Crippen LogP contribution in [0.15, 0.2) is 11.0 Å². The second-order valence-corrected chi connectivity index (χ2v) is 4.91. The lowest BCUT2D eigenvalue weighted by molar-refractivity contribution is 0.464. The summed E-state index contributed by atoms with van der Waals surface area (Å²) < 4.78 is 1.41. The molecule has 0 aromatic carbocycles. The Balaban J connectivity index is 2.72. The molecule has 1 rings (SSSR count). The van der Waals surface area contributed by atoms with Crippen LogP contribution in [0.1, 0.15) is 20.8 Å². The molecule has 6 heteroatoms. The third kappa shape index (κ3) is 4.31. The molecule has 0 aliphatic heterocycles. The zero-order valence-corrected chi connectivity index (χ0v) is 11.9. The number of nitrogens with one attached hydrogen (secondary N) is 2. The Morgan fingerprint density at radius 3 is 2.78 bits per heavy atom. The fraction of sp³-hybridized carbons (Fsp3) is 0.667. The Morgan fingerprint density at radius 1 is 1.44 bits per heavy atom. The van der Waals surface area contributed by atoms with E-state index in [0.29, 0.717) is 24.7 Å². The standard InChI is InChI=1S/C12H21ClN4O/c1-4-14-5-6-15-10-7-16-17(8-9(2)3)12(18)11(10)13/h7,9,14-15H,4-6,8H2,1-3H3. The molecule has 0 saturated heterocycles. The average molecular weight is 273 g/mol. The Morgan fingerprint density at radius 2 is 2.17 bits per heavy atom. The summed E-state index contributed by atoms with van der Waals surface area (Å²) in [6.07, 6.45) is 1.61. The second kappa shape index (κ2) is 7.38. The van der Waals surface area contributed by atoms with Crippen LogP contribution in [0.3, 0.4) is 0 Å². The lowest BCUT2D eigenvalue weighted by atomic mass is 10.2. The van der Waals surface area contributed by atoms with Crippen LogP contribution in [0.4, 0.5) is 5.69 Å². The Labute approximate surface area is 113 Å². The van der Waals surface area contributed by atoms with Crippen LogP contribution >= 0.6 is 11.6 Å². The van der Waals surface area contributed by atoms with Gasteiger partial charge in [0.2, 0.25) is 0 Å². The average Bonchev–Trinajstić information content (AvgIpc) is 2.32. The van der Waals surface area contributed by atoms with Gasteiger partial charge in [0.1, 0.15) is 5.02 Å². The van der Waals surface area contributed by atoms with E-state index in [1.165, 1.54) is 4.68 Å². The van der Waals surface area contributed by atoms with Crippen LogP contribution in [-0.4, -0.2) is 29.4 Å². The lowest BCUT2D eigenvalue weighted by Gasteiger charge is -2.11. The largest absolute Gasteiger partial charge is 0.381 e. The van der Waals surface area contributed by atoms with E-state index >= 15 is 0 Å². The first-order valence-electron chi connectivity index (χ1n) is 6.26. The molecule has 0 bridgehead atoms. The van der Waals surface area contributed by atoms with Gasteiger partial charge in [-0.2, -0.15) is 5.10 Å². The van der Waals surface area contributed by atoms with Gasteiger partial charge in [-0.1, -0.05) is 32.4 Å². The highest BCUT2D eigenvalue weighted by Gasteiger charge is 2.09. The lowest BCUT2D eigenvalue weighted by Crippen LogP contribution is -2.27. The van der Waals surface area contributed by atoms with Gasteiger partial charge >= 0.3 is 0 Å². The van der Waals surface area contributed by atoms with Gasteiger partial charge in [0.15, 0.2) is 0 Å². The van der Waals surface area contributed by atoms with E-state index in [-0.39, 0.29) is 10.6 Å². The molecule has 0 saturated carbocycles. The van der Waals surface area contributed by atoms with Crippen molar-refractivity contribution in [2.45, 2.75) is 27.3 Å². The topological polar surface area (TPSA) is 59.0 Å². The quantitative estimate of drug-likeness (QED) is 0.740. The van der Waals surface area contributed by atoms with E-state index in [1.54, 1.807) is 6.20 Å². The first-order chi connectivity index (χ1) is 8.56. The van der Waals surface area contributed by atoms with Crippen molar-refractivity contribution in [1.82, 2.24) is 15.1 Å². The van der Waals surface area contributed by atoms with Crippen molar-refractivity contribution in [1.29, 1.82) is 0 Å². The summed E-state index contributed by atoms with van der Waals surface area (Å²) in [4.78, 5) is 11.9. The van der Waals surface area contributed by atoms with Gasteiger partial charge < -0.3 is 10.6 Å². The molecule has 0 aliphatic rings. The summed E-state index contributed by atoms with van der Waals surface area (Å²) in [5.41, 5.74) is 0.360. The fourth-order valence-corrected chi connectivity index (χ4v) is 1.74. The maximum atomic E-state index is 11.9. The van der Waals surface area contributed by atoms with Gasteiger partial charge in [0, 0.05) is 19.6 Å². The van der Waals surface area contributed by atoms with E-state index in [9.17, 15) is 4.79 Å². The maximum absolute atomic E-state index is 11.9. The van der Waals surface area contributed by atoms with Crippen LogP contribution in [0, 0.1) is 5.92 Å². The molecule has 18 heavy (non-hydrogen) atoms. The minimum Gasteiger partial charge on any atom is -0.381 e. The third-order valence-corrected chi connectivity index (χ3v) is 2.76. The van der Waals surface area contributed by atoms with Crippen molar-refractivity contribution in [3.05, 3.63) is 21.6 Å². The highest BCUT2D eigenvalue weighted by Crippen LogP contribution is 2.14. The molecule has 0 unspecified atom stereocenters. The molecule has 0 radical (unpaired) electrons. The molecular formula is C12H21ClN4O. The van der Waals surface area contributed by atoms with Gasteiger partial charge in [0.25, 0.3) is 5.56 Å². The smallest absolute Gasteiger partial charge is 0.287 e. The van der Waals surface area contributed by atoms with E-state index < -0.39 is 0 Å². The summed E-state index contributed by atoms with van der Waals surface area (Å²) in [6, 6.07) is 0. The van der Waals surface area contributed by atoms with Crippen LogP contribution in [-0.2, 0) is 6.54 Å². The summed E-state index contributed by atoms with van der Waals surface area (Å²) in [6.45, 7) is 9.14. The van der Waals surface area contributed by atoms with Crippen LogP contribution < -0.4 is 16.2 Å². The molecule has 102 valence electrons. The van der Waals surface area contributed by atoms with Crippen molar-refractivity contribution >= 4 is 17.3 Å². The third-order valence-electron chi connectivity index (χ3n) is 2.39. The number of hydrogen-bond acceptors (Lipinski definition) is 4. The number of hydrogen-bond donors (Lipinski definition) is 2. The monoisotopic (exact) mass is 272 g/mol. The molecule has 1 heterocycles. The Hall–Kier alpha value is -1.07. The predicted octanol–water partition coefficient (Wildman–Crippen LogP) is 1.57. The van der Waals surface area contributed by atoms with Crippen LogP contribution in [0.2, 0.25) is 5.02 Å². The second-order valence-electron chi connectivity index (χ2n) is 4.53. The van der Waals surface area contributed by atoms with Gasteiger partial charge in [-0.15, -0.1) is 0 Å². The van der Waals surface area contributed by atoms with E-state index in [2.05, 4.69) is 15.7 Å². The summed E-state index contributed by atoms with van der Waals surface area (Å²) in [5.74, 6) is 0.360. The molecule has 0 amide bonds. The zero-order chi connectivity index (χ0) is 13.5. The van der Waals surface area contributed by atoms with E-state index in [1.807, 2.05) is 20.8 Å². The van der Waals surface area contributed by atoms with Gasteiger partial charge in [-0.05, 0) is 12.5 Å². The van der Waals surface area contributed by atoms with Gasteiger partial charge in [0.05, 0.1) is 11.9 Å². The number of halogens is 1. The first-order valence-corrected chi connectivity index (χ1v) is 6.64. The number of rotatable bonds is 7. The fourth-order valence-electron chi connectivity index (χ4n) is 1.53. The molecule has 0 fully saturated rings. The molecular weight excluding hydrogens is 252 g/mol. The number of nitrogens with zero attached hydrogens (tertiary/aromatic N) is 2. The molecule has 0 atom stereocenters. The molecule has 1 aromatic rings. The van der Waals surface area contributed by atoms with Crippen molar-refractivity contribution in [2.24, 2.45) is 5.92 Å². The van der Waals surface area contributed by atoms with Gasteiger partial charge in [-0.25, -0.2) is 4.68 Å².